The molecule has 0 bridgehead atoms. The van der Waals surface area contributed by atoms with Gasteiger partial charge in [-0.05, 0) is 63.2 Å². The number of hydrogen-bond donors (Lipinski definition) is 2. The molecule has 2 N–H and O–H groups in total. The zero-order valence-corrected chi connectivity index (χ0v) is 18.3. The number of phenolic OH excluding ortho intramolecular Hbond substituents is 1. The molecule has 2 rings (SSSR count). The van der Waals surface area contributed by atoms with Crippen LogP contribution in [0, 0.1) is 6.92 Å². The van der Waals surface area contributed by atoms with Crippen LogP contribution in [0.25, 0.3) is 0 Å². The van der Waals surface area contributed by atoms with E-state index in [2.05, 4.69) is 53.3 Å². The van der Waals surface area contributed by atoms with Crippen LogP contribution in [0.2, 0.25) is 0 Å². The first-order valence-electron chi connectivity index (χ1n) is 8.74. The number of aryl methyl sites for hydroxylation is 1. The van der Waals surface area contributed by atoms with Crippen LogP contribution in [-0.2, 0) is 10.2 Å². The summed E-state index contributed by atoms with van der Waals surface area (Å²) in [5.74, 6) is 0.601. The highest BCUT2D eigenvalue weighted by atomic mass is 79.9. The third-order valence-corrected chi connectivity index (χ3v) is 4.68. The minimum atomic E-state index is -0.375. The number of aromatic hydroxyl groups is 1. The first-order valence-corrected chi connectivity index (χ1v) is 9.53. The normalized spacial score (nSPS) is 11.5. The summed E-state index contributed by atoms with van der Waals surface area (Å²) in [7, 11) is 1.46. The van der Waals surface area contributed by atoms with Crippen molar-refractivity contribution in [2.75, 3.05) is 13.7 Å². The summed E-state index contributed by atoms with van der Waals surface area (Å²) >= 11 is 3.23. The molecule has 2 aromatic rings. The van der Waals surface area contributed by atoms with Crippen LogP contribution in [0.1, 0.15) is 37.5 Å². The number of halogens is 1. The second kappa shape index (κ2) is 9.10. The monoisotopic (exact) mass is 448 g/mol. The number of rotatable bonds is 6. The maximum atomic E-state index is 12.0. The number of methoxy groups -OCH3 is 1. The summed E-state index contributed by atoms with van der Waals surface area (Å²) < 4.78 is 11.1. The zero-order valence-electron chi connectivity index (χ0n) is 16.7. The molecule has 0 spiro atoms. The Bertz CT molecular complexity index is 889. The van der Waals surface area contributed by atoms with Crippen LogP contribution in [0.4, 0.5) is 0 Å². The fourth-order valence-electron chi connectivity index (χ4n) is 2.46. The quantitative estimate of drug-likeness (QED) is 0.509. The number of hydrogen-bond acceptors (Lipinski definition) is 5. The van der Waals surface area contributed by atoms with E-state index in [0.717, 1.165) is 5.56 Å². The van der Waals surface area contributed by atoms with Crippen LogP contribution in [0.15, 0.2) is 39.9 Å². The van der Waals surface area contributed by atoms with Crippen LogP contribution in [-0.4, -0.2) is 30.9 Å². The number of hydrazone groups is 1. The maximum absolute atomic E-state index is 12.0. The fourth-order valence-corrected chi connectivity index (χ4v) is 2.92. The standard InChI is InChI=1S/C21H25BrN2O4/c1-13-8-15(21(2,3)4)6-7-17(13)28-12-19(25)24-23-11-14-9-16(22)20(26)18(10-14)27-5/h6-11,26H,12H2,1-5H3,(H,24,25). The molecule has 0 heterocycles. The first-order chi connectivity index (χ1) is 13.1. The molecule has 0 fully saturated rings. The Morgan fingerprint density at radius 3 is 2.57 bits per heavy atom. The predicted octanol–water partition coefficient (Wildman–Crippen LogP) is 4.30. The number of amides is 1. The average molecular weight is 449 g/mol. The number of carbonyl (C=O) groups is 1. The lowest BCUT2D eigenvalue weighted by molar-refractivity contribution is -0.123. The van der Waals surface area contributed by atoms with Gasteiger partial charge in [0, 0.05) is 0 Å². The molecule has 0 unspecified atom stereocenters. The van der Waals surface area contributed by atoms with Gasteiger partial charge in [-0.15, -0.1) is 0 Å². The van der Waals surface area contributed by atoms with Gasteiger partial charge in [0.15, 0.2) is 18.1 Å². The molecular formula is C21H25BrN2O4. The van der Waals surface area contributed by atoms with Gasteiger partial charge in [0.2, 0.25) is 0 Å². The van der Waals surface area contributed by atoms with Gasteiger partial charge in [-0.2, -0.15) is 5.10 Å². The molecule has 0 aliphatic rings. The number of ether oxygens (including phenoxy) is 2. The summed E-state index contributed by atoms with van der Waals surface area (Å²) in [6, 6.07) is 9.22. The molecule has 1 amide bonds. The lowest BCUT2D eigenvalue weighted by atomic mass is 9.86. The van der Waals surface area contributed by atoms with E-state index in [1.807, 2.05) is 19.1 Å². The molecule has 0 atom stereocenters. The van der Waals surface area contributed by atoms with Crippen molar-refractivity contribution in [1.82, 2.24) is 5.43 Å². The van der Waals surface area contributed by atoms with Crippen molar-refractivity contribution >= 4 is 28.1 Å². The molecule has 0 saturated heterocycles. The summed E-state index contributed by atoms with van der Waals surface area (Å²) in [6.07, 6.45) is 1.45. The van der Waals surface area contributed by atoms with Gasteiger partial charge >= 0.3 is 0 Å². The minimum Gasteiger partial charge on any atom is -0.503 e. The van der Waals surface area contributed by atoms with Crippen molar-refractivity contribution in [2.45, 2.75) is 33.1 Å². The van der Waals surface area contributed by atoms with Crippen LogP contribution in [0.3, 0.4) is 0 Å². The Morgan fingerprint density at radius 1 is 1.25 bits per heavy atom. The maximum Gasteiger partial charge on any atom is 0.277 e. The predicted molar refractivity (Wildman–Crippen MR) is 113 cm³/mol. The lowest BCUT2D eigenvalue weighted by Crippen LogP contribution is -2.24. The van der Waals surface area contributed by atoms with Gasteiger partial charge < -0.3 is 14.6 Å². The largest absolute Gasteiger partial charge is 0.503 e. The number of carbonyl (C=O) groups excluding carboxylic acids is 1. The SMILES string of the molecule is COc1cc(C=NNC(=O)COc2ccc(C(C)(C)C)cc2C)cc(Br)c1O. The molecule has 6 nitrogen and oxygen atoms in total. The molecule has 2 aromatic carbocycles. The van der Waals surface area contributed by atoms with Crippen molar-refractivity contribution in [1.29, 1.82) is 0 Å². The van der Waals surface area contributed by atoms with E-state index in [0.29, 0.717) is 21.5 Å². The molecular weight excluding hydrogens is 424 g/mol. The first kappa shape index (κ1) is 21.8. The number of phenols is 1. The number of nitrogens with zero attached hydrogens (tertiary/aromatic N) is 1. The van der Waals surface area contributed by atoms with E-state index in [-0.39, 0.29) is 23.7 Å². The second-order valence-electron chi connectivity index (χ2n) is 7.37. The highest BCUT2D eigenvalue weighted by Gasteiger charge is 2.15. The van der Waals surface area contributed by atoms with Gasteiger partial charge in [0.05, 0.1) is 17.8 Å². The summed E-state index contributed by atoms with van der Waals surface area (Å²) in [5.41, 5.74) is 5.31. The molecule has 0 saturated carbocycles. The number of benzene rings is 2. The molecule has 0 aliphatic carbocycles. The molecule has 7 heteroatoms. The van der Waals surface area contributed by atoms with Crippen LogP contribution < -0.4 is 14.9 Å². The van der Waals surface area contributed by atoms with E-state index in [9.17, 15) is 9.90 Å². The minimum absolute atomic E-state index is 0.00457. The Labute approximate surface area is 173 Å². The molecule has 150 valence electrons. The highest BCUT2D eigenvalue weighted by Crippen LogP contribution is 2.34. The third-order valence-electron chi connectivity index (χ3n) is 4.07. The average Bonchev–Trinajstić information content (AvgIpc) is 2.62. The molecule has 0 aromatic heterocycles. The Morgan fingerprint density at radius 2 is 1.96 bits per heavy atom. The Hall–Kier alpha value is -2.54. The Balaban J connectivity index is 1.93. The summed E-state index contributed by atoms with van der Waals surface area (Å²) in [5, 5.41) is 13.7. The Kier molecular flexibility index (Phi) is 7.07. The molecule has 0 aliphatic heterocycles. The third kappa shape index (κ3) is 5.73. The van der Waals surface area contributed by atoms with Crippen LogP contribution >= 0.6 is 15.9 Å². The van der Waals surface area contributed by atoms with E-state index < -0.39 is 0 Å². The van der Waals surface area contributed by atoms with Crippen molar-refractivity contribution < 1.29 is 19.4 Å². The fraction of sp³-hybridized carbons (Fsp3) is 0.333. The molecule has 28 heavy (non-hydrogen) atoms. The van der Waals surface area contributed by atoms with Crippen molar-refractivity contribution in [2.24, 2.45) is 5.10 Å². The van der Waals surface area contributed by atoms with Crippen molar-refractivity contribution in [3.63, 3.8) is 0 Å². The summed E-state index contributed by atoms with van der Waals surface area (Å²) in [4.78, 5) is 12.0. The van der Waals surface area contributed by atoms with Gasteiger partial charge in [-0.25, -0.2) is 5.43 Å². The smallest absolute Gasteiger partial charge is 0.277 e. The zero-order chi connectivity index (χ0) is 20.9. The van der Waals surface area contributed by atoms with Gasteiger partial charge in [0.1, 0.15) is 5.75 Å². The van der Waals surface area contributed by atoms with Gasteiger partial charge in [-0.1, -0.05) is 32.9 Å². The highest BCUT2D eigenvalue weighted by molar-refractivity contribution is 9.10. The van der Waals surface area contributed by atoms with E-state index in [1.54, 1.807) is 12.1 Å². The van der Waals surface area contributed by atoms with Gasteiger partial charge in [-0.3, -0.25) is 4.79 Å². The lowest BCUT2D eigenvalue weighted by Gasteiger charge is -2.20. The van der Waals surface area contributed by atoms with Crippen molar-refractivity contribution in [3.05, 3.63) is 51.5 Å². The second-order valence-corrected chi connectivity index (χ2v) is 8.22. The van der Waals surface area contributed by atoms with Gasteiger partial charge in [0.25, 0.3) is 5.91 Å². The number of nitrogens with one attached hydrogen (secondary N) is 1. The molecule has 0 radical (unpaired) electrons. The van der Waals surface area contributed by atoms with Crippen LogP contribution in [0.5, 0.6) is 17.2 Å². The van der Waals surface area contributed by atoms with Crippen molar-refractivity contribution in [3.8, 4) is 17.2 Å². The summed E-state index contributed by atoms with van der Waals surface area (Å²) in [6.45, 7) is 8.26. The topological polar surface area (TPSA) is 80.2 Å². The van der Waals surface area contributed by atoms with E-state index in [1.165, 1.54) is 18.9 Å². The van der Waals surface area contributed by atoms with E-state index >= 15 is 0 Å². The van der Waals surface area contributed by atoms with E-state index in [4.69, 9.17) is 9.47 Å².